The summed E-state index contributed by atoms with van der Waals surface area (Å²) in [5.41, 5.74) is 1.13. The number of hydrogen-bond acceptors (Lipinski definition) is 3. The predicted octanol–water partition coefficient (Wildman–Crippen LogP) is 2.41. The third-order valence-electron chi connectivity index (χ3n) is 3.42. The zero-order chi connectivity index (χ0) is 13.8. The maximum absolute atomic E-state index is 12.1. The second-order valence-corrected chi connectivity index (χ2v) is 4.65. The zero-order valence-electron chi connectivity index (χ0n) is 11.7. The Labute approximate surface area is 114 Å². The molecule has 1 heterocycles. The van der Waals surface area contributed by atoms with E-state index < -0.39 is 0 Å². The van der Waals surface area contributed by atoms with E-state index in [4.69, 9.17) is 4.74 Å². The maximum Gasteiger partial charge on any atom is 0.245 e. The van der Waals surface area contributed by atoms with Crippen LogP contribution in [0.1, 0.15) is 32.4 Å². The number of benzene rings is 1. The molecule has 0 bridgehead atoms. The quantitative estimate of drug-likeness (QED) is 0.837. The Hall–Kier alpha value is -1.84. The van der Waals surface area contributed by atoms with Gasteiger partial charge in [0, 0.05) is 0 Å². The fourth-order valence-electron chi connectivity index (χ4n) is 2.45. The number of nitrogens with zero attached hydrogens (tertiary/aromatic N) is 2. The summed E-state index contributed by atoms with van der Waals surface area (Å²) in [4.78, 5) is 18.2. The number of carbonyl (C=O) groups is 1. The van der Waals surface area contributed by atoms with Crippen LogP contribution in [-0.2, 0) is 9.53 Å². The molecule has 4 heteroatoms. The highest BCUT2D eigenvalue weighted by Crippen LogP contribution is 2.25. The SMILES string of the molecule is CCOC1=NCC(=O)N([C@H](C)c2ccccc2)[C@@H]1C. The van der Waals surface area contributed by atoms with Crippen molar-refractivity contribution in [3.05, 3.63) is 35.9 Å². The van der Waals surface area contributed by atoms with Crippen LogP contribution in [0.3, 0.4) is 0 Å². The maximum atomic E-state index is 12.1. The van der Waals surface area contributed by atoms with Crippen LogP contribution in [0.4, 0.5) is 0 Å². The molecule has 0 saturated carbocycles. The molecule has 1 aromatic rings. The van der Waals surface area contributed by atoms with Crippen molar-refractivity contribution in [1.82, 2.24) is 4.90 Å². The van der Waals surface area contributed by atoms with Crippen LogP contribution in [-0.4, -0.2) is 35.9 Å². The standard InChI is InChI=1S/C15H20N2O2/c1-4-19-15-12(3)17(14(18)10-16-15)11(2)13-8-6-5-7-9-13/h5-9,11-12H,4,10H2,1-3H3/t11-,12-/m1/s1. The minimum atomic E-state index is -0.114. The van der Waals surface area contributed by atoms with Crippen molar-refractivity contribution in [2.75, 3.05) is 13.2 Å². The highest BCUT2D eigenvalue weighted by molar-refractivity contribution is 5.93. The molecule has 0 radical (unpaired) electrons. The van der Waals surface area contributed by atoms with Crippen LogP contribution in [0.15, 0.2) is 35.3 Å². The highest BCUT2D eigenvalue weighted by Gasteiger charge is 2.33. The van der Waals surface area contributed by atoms with Crippen LogP contribution >= 0.6 is 0 Å². The Balaban J connectivity index is 2.23. The Morgan fingerprint density at radius 3 is 2.74 bits per heavy atom. The Bertz CT molecular complexity index is 470. The first kappa shape index (κ1) is 13.6. The molecule has 1 amide bonds. The Morgan fingerprint density at radius 2 is 2.11 bits per heavy atom. The summed E-state index contributed by atoms with van der Waals surface area (Å²) in [5, 5.41) is 0. The molecule has 2 atom stereocenters. The van der Waals surface area contributed by atoms with Gasteiger partial charge in [0.2, 0.25) is 11.8 Å². The Morgan fingerprint density at radius 1 is 1.42 bits per heavy atom. The molecule has 0 aromatic heterocycles. The van der Waals surface area contributed by atoms with Gasteiger partial charge in [0.05, 0.1) is 12.6 Å². The molecule has 4 nitrogen and oxygen atoms in total. The van der Waals surface area contributed by atoms with Crippen molar-refractivity contribution in [1.29, 1.82) is 0 Å². The molecule has 1 aliphatic rings. The van der Waals surface area contributed by atoms with E-state index in [9.17, 15) is 4.79 Å². The molecule has 0 aliphatic carbocycles. The Kier molecular flexibility index (Phi) is 4.20. The second-order valence-electron chi connectivity index (χ2n) is 4.65. The fraction of sp³-hybridized carbons (Fsp3) is 0.467. The summed E-state index contributed by atoms with van der Waals surface area (Å²) in [7, 11) is 0. The number of amides is 1. The van der Waals surface area contributed by atoms with Crippen molar-refractivity contribution in [2.45, 2.75) is 32.9 Å². The van der Waals surface area contributed by atoms with Gasteiger partial charge in [-0.05, 0) is 26.3 Å². The van der Waals surface area contributed by atoms with Gasteiger partial charge >= 0.3 is 0 Å². The average Bonchev–Trinajstić information content (AvgIpc) is 2.43. The monoisotopic (exact) mass is 260 g/mol. The van der Waals surface area contributed by atoms with E-state index in [1.54, 1.807) is 0 Å². The normalized spacial score (nSPS) is 21.0. The van der Waals surface area contributed by atoms with Crippen LogP contribution in [0.5, 0.6) is 0 Å². The van der Waals surface area contributed by atoms with Crippen molar-refractivity contribution in [2.24, 2.45) is 4.99 Å². The van der Waals surface area contributed by atoms with Gasteiger partial charge in [0.1, 0.15) is 12.6 Å². The molecule has 0 saturated heterocycles. The van der Waals surface area contributed by atoms with E-state index in [-0.39, 0.29) is 24.5 Å². The van der Waals surface area contributed by atoms with Gasteiger partial charge in [-0.15, -0.1) is 0 Å². The van der Waals surface area contributed by atoms with E-state index >= 15 is 0 Å². The summed E-state index contributed by atoms with van der Waals surface area (Å²) < 4.78 is 5.52. The minimum Gasteiger partial charge on any atom is -0.480 e. The lowest BCUT2D eigenvalue weighted by molar-refractivity contribution is -0.133. The molecule has 102 valence electrons. The van der Waals surface area contributed by atoms with E-state index in [1.807, 2.05) is 56.0 Å². The molecular weight excluding hydrogens is 240 g/mol. The van der Waals surface area contributed by atoms with Crippen LogP contribution in [0, 0.1) is 0 Å². The first-order valence-corrected chi connectivity index (χ1v) is 6.68. The van der Waals surface area contributed by atoms with Gasteiger partial charge in [-0.3, -0.25) is 4.79 Å². The first-order chi connectivity index (χ1) is 9.15. The van der Waals surface area contributed by atoms with Crippen LogP contribution in [0.2, 0.25) is 0 Å². The molecule has 2 rings (SSSR count). The molecule has 0 spiro atoms. The van der Waals surface area contributed by atoms with Gasteiger partial charge in [0.25, 0.3) is 0 Å². The lowest BCUT2D eigenvalue weighted by Crippen LogP contribution is -2.49. The fourth-order valence-corrected chi connectivity index (χ4v) is 2.45. The second kappa shape index (κ2) is 5.87. The van der Waals surface area contributed by atoms with Crippen LogP contribution < -0.4 is 0 Å². The van der Waals surface area contributed by atoms with Gasteiger partial charge in [-0.2, -0.15) is 0 Å². The minimum absolute atomic E-state index is 0.0228. The van der Waals surface area contributed by atoms with Crippen molar-refractivity contribution in [3.63, 3.8) is 0 Å². The van der Waals surface area contributed by atoms with E-state index in [1.165, 1.54) is 0 Å². The van der Waals surface area contributed by atoms with Gasteiger partial charge in [-0.1, -0.05) is 30.3 Å². The van der Waals surface area contributed by atoms with Crippen molar-refractivity contribution < 1.29 is 9.53 Å². The molecule has 0 fully saturated rings. The van der Waals surface area contributed by atoms with E-state index in [0.717, 1.165) is 5.56 Å². The molecule has 1 aromatic carbocycles. The van der Waals surface area contributed by atoms with E-state index in [0.29, 0.717) is 12.5 Å². The van der Waals surface area contributed by atoms with Crippen LogP contribution in [0.25, 0.3) is 0 Å². The number of carbonyl (C=O) groups excluding carboxylic acids is 1. The first-order valence-electron chi connectivity index (χ1n) is 6.68. The topological polar surface area (TPSA) is 41.9 Å². The number of rotatable bonds is 3. The molecular formula is C15H20N2O2. The molecule has 19 heavy (non-hydrogen) atoms. The predicted molar refractivity (Wildman–Crippen MR) is 75.1 cm³/mol. The highest BCUT2D eigenvalue weighted by atomic mass is 16.5. The largest absolute Gasteiger partial charge is 0.480 e. The molecule has 0 N–H and O–H groups in total. The summed E-state index contributed by atoms with van der Waals surface area (Å²) in [5.74, 6) is 0.706. The van der Waals surface area contributed by atoms with Crippen molar-refractivity contribution >= 4 is 11.8 Å². The van der Waals surface area contributed by atoms with Gasteiger partial charge in [0.15, 0.2) is 0 Å². The summed E-state index contributed by atoms with van der Waals surface area (Å²) in [6, 6.07) is 9.94. The molecule has 0 unspecified atom stereocenters. The number of aliphatic imine (C=N–C) groups is 1. The number of ether oxygens (including phenoxy) is 1. The van der Waals surface area contributed by atoms with Gasteiger partial charge in [-0.25, -0.2) is 4.99 Å². The summed E-state index contributed by atoms with van der Waals surface area (Å²) >= 11 is 0. The lowest BCUT2D eigenvalue weighted by atomic mass is 10.0. The molecule has 1 aliphatic heterocycles. The average molecular weight is 260 g/mol. The van der Waals surface area contributed by atoms with Crippen molar-refractivity contribution in [3.8, 4) is 0 Å². The number of hydrogen-bond donors (Lipinski definition) is 0. The summed E-state index contributed by atoms with van der Waals surface area (Å²) in [6.07, 6.45) is 0. The smallest absolute Gasteiger partial charge is 0.245 e. The summed E-state index contributed by atoms with van der Waals surface area (Å²) in [6.45, 7) is 6.68. The third-order valence-corrected chi connectivity index (χ3v) is 3.42. The third kappa shape index (κ3) is 2.78. The van der Waals surface area contributed by atoms with Gasteiger partial charge < -0.3 is 9.64 Å². The zero-order valence-corrected chi connectivity index (χ0v) is 11.7. The lowest BCUT2D eigenvalue weighted by Gasteiger charge is -2.37. The van der Waals surface area contributed by atoms with E-state index in [2.05, 4.69) is 4.99 Å².